The molecule has 2 saturated heterocycles. The molecule has 2 aliphatic rings. The fourth-order valence-electron chi connectivity index (χ4n) is 5.72. The van der Waals surface area contributed by atoms with Crippen LogP contribution >= 0.6 is 23.8 Å². The van der Waals surface area contributed by atoms with E-state index in [4.69, 9.17) is 33.5 Å². The number of hydrogen-bond acceptors (Lipinski definition) is 4. The standard InChI is InChI=1S/C31H32ClN5OS/c1-21-13-17-35(18-14-21)27-12-11-23(20-25(27)32)37-30(29(34-31(37)39)26-9-3-4-15-33-26)28-10-6-16-36(28)22-7-5-8-24(19-22)38-2/h3-12,15-16,19-21,29-30H,13-14,17-18H2,1-2H3,(H,34,39)/t29-,30-/m1/s1. The molecule has 39 heavy (non-hydrogen) atoms. The Hall–Kier alpha value is -3.55. The highest BCUT2D eigenvalue weighted by Gasteiger charge is 2.42. The van der Waals surface area contributed by atoms with Crippen LogP contribution in [0.1, 0.15) is 43.2 Å². The SMILES string of the molecule is COc1cccc(-n2cccc2[C@@H]2[C@@H](c3ccccn3)NC(=S)N2c2ccc(N3CCC(C)CC3)c(Cl)c2)c1. The third-order valence-electron chi connectivity index (χ3n) is 7.85. The first-order valence-electron chi connectivity index (χ1n) is 13.4. The molecule has 6 nitrogen and oxygen atoms in total. The van der Waals surface area contributed by atoms with Crippen molar-refractivity contribution >= 4 is 40.3 Å². The first-order chi connectivity index (χ1) is 19.0. The van der Waals surface area contributed by atoms with Gasteiger partial charge < -0.3 is 24.4 Å². The molecule has 1 N–H and O–H groups in total. The first kappa shape index (κ1) is 25.7. The Kier molecular flexibility index (Phi) is 7.19. The van der Waals surface area contributed by atoms with E-state index in [-0.39, 0.29) is 12.1 Å². The number of rotatable bonds is 6. The predicted molar refractivity (Wildman–Crippen MR) is 162 cm³/mol. The number of anilines is 2. The number of ether oxygens (including phenoxy) is 1. The molecule has 4 heterocycles. The number of thiocarbonyl (C=S) groups is 1. The van der Waals surface area contributed by atoms with Crippen molar-refractivity contribution in [2.45, 2.75) is 31.8 Å². The van der Waals surface area contributed by atoms with Gasteiger partial charge in [-0.15, -0.1) is 0 Å². The number of nitrogens with zero attached hydrogens (tertiary/aromatic N) is 4. The van der Waals surface area contributed by atoms with E-state index in [9.17, 15) is 0 Å². The van der Waals surface area contributed by atoms with Crippen molar-refractivity contribution in [3.05, 3.63) is 102 Å². The molecule has 2 atom stereocenters. The van der Waals surface area contributed by atoms with Gasteiger partial charge in [0.15, 0.2) is 5.11 Å². The molecule has 0 radical (unpaired) electrons. The van der Waals surface area contributed by atoms with E-state index in [2.05, 4.69) is 69.2 Å². The molecule has 2 aromatic heterocycles. The summed E-state index contributed by atoms with van der Waals surface area (Å²) in [6, 6.07) is 24.3. The van der Waals surface area contributed by atoms with Crippen molar-refractivity contribution < 1.29 is 4.74 Å². The van der Waals surface area contributed by atoms with Gasteiger partial charge in [0, 0.05) is 48.6 Å². The van der Waals surface area contributed by atoms with E-state index < -0.39 is 0 Å². The molecular formula is C31H32ClN5OS. The molecule has 2 aromatic carbocycles. The second-order valence-electron chi connectivity index (χ2n) is 10.3. The van der Waals surface area contributed by atoms with Crippen LogP contribution in [0.2, 0.25) is 5.02 Å². The van der Waals surface area contributed by atoms with Crippen LogP contribution in [0.3, 0.4) is 0 Å². The molecule has 0 bridgehead atoms. The second-order valence-corrected chi connectivity index (χ2v) is 11.1. The van der Waals surface area contributed by atoms with Crippen LogP contribution in [0.15, 0.2) is 85.2 Å². The summed E-state index contributed by atoms with van der Waals surface area (Å²) in [5, 5.41) is 4.95. The summed E-state index contributed by atoms with van der Waals surface area (Å²) >= 11 is 12.9. The topological polar surface area (TPSA) is 45.6 Å². The Balaban J connectivity index is 1.42. The second kappa shape index (κ2) is 10.9. The molecule has 0 amide bonds. The maximum atomic E-state index is 6.95. The molecule has 200 valence electrons. The van der Waals surface area contributed by atoms with Gasteiger partial charge in [-0.1, -0.05) is 30.7 Å². The minimum absolute atomic E-state index is 0.153. The van der Waals surface area contributed by atoms with Crippen LogP contribution in [0.25, 0.3) is 5.69 Å². The lowest BCUT2D eigenvalue weighted by atomic mass is 9.98. The van der Waals surface area contributed by atoms with Crippen molar-refractivity contribution in [2.75, 3.05) is 30.0 Å². The lowest BCUT2D eigenvalue weighted by molar-refractivity contribution is 0.414. The highest BCUT2D eigenvalue weighted by molar-refractivity contribution is 7.80. The number of pyridine rings is 1. The third-order valence-corrected chi connectivity index (χ3v) is 8.46. The molecule has 2 aliphatic heterocycles. The van der Waals surface area contributed by atoms with Crippen LogP contribution < -0.4 is 19.9 Å². The molecule has 0 saturated carbocycles. The summed E-state index contributed by atoms with van der Waals surface area (Å²) < 4.78 is 7.70. The van der Waals surface area contributed by atoms with E-state index >= 15 is 0 Å². The molecule has 6 rings (SSSR count). The van der Waals surface area contributed by atoms with Gasteiger partial charge in [0.25, 0.3) is 0 Å². The summed E-state index contributed by atoms with van der Waals surface area (Å²) in [4.78, 5) is 9.27. The minimum atomic E-state index is -0.161. The first-order valence-corrected chi connectivity index (χ1v) is 14.2. The predicted octanol–water partition coefficient (Wildman–Crippen LogP) is 6.95. The lowest BCUT2D eigenvalue weighted by Gasteiger charge is -2.33. The Bertz CT molecular complexity index is 1470. The van der Waals surface area contributed by atoms with Crippen LogP contribution in [-0.2, 0) is 0 Å². The van der Waals surface area contributed by atoms with Gasteiger partial charge in [0.05, 0.1) is 29.6 Å². The van der Waals surface area contributed by atoms with Crippen LogP contribution in [-0.4, -0.2) is 34.9 Å². The molecule has 4 aromatic rings. The lowest BCUT2D eigenvalue weighted by Crippen LogP contribution is -2.33. The van der Waals surface area contributed by atoms with Crippen LogP contribution in [0.4, 0.5) is 11.4 Å². The van der Waals surface area contributed by atoms with Gasteiger partial charge in [-0.3, -0.25) is 4.98 Å². The van der Waals surface area contributed by atoms with Gasteiger partial charge in [0.2, 0.25) is 0 Å². The minimum Gasteiger partial charge on any atom is -0.497 e. The average molecular weight is 558 g/mol. The Morgan fingerprint density at radius 3 is 2.56 bits per heavy atom. The number of piperidine rings is 1. The number of halogens is 1. The Morgan fingerprint density at radius 1 is 0.974 bits per heavy atom. The largest absolute Gasteiger partial charge is 0.497 e. The number of aromatic nitrogens is 2. The number of benzene rings is 2. The van der Waals surface area contributed by atoms with Crippen LogP contribution in [0.5, 0.6) is 5.75 Å². The summed E-state index contributed by atoms with van der Waals surface area (Å²) in [6.45, 7) is 4.38. The monoisotopic (exact) mass is 557 g/mol. The molecule has 0 spiro atoms. The summed E-state index contributed by atoms with van der Waals surface area (Å²) in [5.41, 5.74) is 5.06. The van der Waals surface area contributed by atoms with Gasteiger partial charge in [-0.25, -0.2) is 0 Å². The van der Waals surface area contributed by atoms with Crippen molar-refractivity contribution in [3.8, 4) is 11.4 Å². The fraction of sp³-hybridized carbons (Fsp3) is 0.290. The molecule has 8 heteroatoms. The zero-order chi connectivity index (χ0) is 26.9. The number of hydrogen-bond donors (Lipinski definition) is 1. The average Bonchev–Trinajstić information content (AvgIpc) is 3.58. The molecular weight excluding hydrogens is 526 g/mol. The van der Waals surface area contributed by atoms with E-state index in [1.807, 2.05) is 42.6 Å². The Morgan fingerprint density at radius 2 is 1.82 bits per heavy atom. The maximum absolute atomic E-state index is 6.95. The zero-order valence-corrected chi connectivity index (χ0v) is 23.7. The fourth-order valence-corrected chi connectivity index (χ4v) is 6.36. The quantitative estimate of drug-likeness (QED) is 0.259. The van der Waals surface area contributed by atoms with E-state index in [1.165, 1.54) is 12.8 Å². The smallest absolute Gasteiger partial charge is 0.174 e. The van der Waals surface area contributed by atoms with Crippen molar-refractivity contribution in [1.82, 2.24) is 14.9 Å². The zero-order valence-electron chi connectivity index (χ0n) is 22.1. The van der Waals surface area contributed by atoms with Crippen molar-refractivity contribution in [1.29, 1.82) is 0 Å². The Labute approximate surface area is 240 Å². The molecule has 2 fully saturated rings. The number of nitrogens with one attached hydrogen (secondary N) is 1. The van der Waals surface area contributed by atoms with Gasteiger partial charge in [-0.05, 0) is 85.6 Å². The van der Waals surface area contributed by atoms with Gasteiger partial charge >= 0.3 is 0 Å². The third kappa shape index (κ3) is 4.97. The maximum Gasteiger partial charge on any atom is 0.174 e. The van der Waals surface area contributed by atoms with E-state index in [0.29, 0.717) is 5.11 Å². The van der Waals surface area contributed by atoms with Crippen LogP contribution in [0, 0.1) is 5.92 Å². The number of methoxy groups -OCH3 is 1. The van der Waals surface area contributed by atoms with Crippen molar-refractivity contribution in [3.63, 3.8) is 0 Å². The van der Waals surface area contributed by atoms with E-state index in [1.54, 1.807) is 7.11 Å². The summed E-state index contributed by atoms with van der Waals surface area (Å²) in [5.74, 6) is 1.57. The molecule has 0 unspecified atom stereocenters. The van der Waals surface area contributed by atoms with E-state index in [0.717, 1.165) is 58.2 Å². The van der Waals surface area contributed by atoms with Gasteiger partial charge in [0.1, 0.15) is 11.8 Å². The normalized spacial score (nSPS) is 19.8. The summed E-state index contributed by atoms with van der Waals surface area (Å²) in [7, 11) is 1.69. The molecule has 0 aliphatic carbocycles. The van der Waals surface area contributed by atoms with Gasteiger partial charge in [-0.2, -0.15) is 0 Å². The summed E-state index contributed by atoms with van der Waals surface area (Å²) in [6.07, 6.45) is 6.28. The highest BCUT2D eigenvalue weighted by Crippen LogP contribution is 2.44. The highest BCUT2D eigenvalue weighted by atomic mass is 35.5. The van der Waals surface area contributed by atoms with Crippen molar-refractivity contribution in [2.24, 2.45) is 5.92 Å².